The molecule has 23 heteroatoms. The molecule has 0 unspecified atom stereocenters. The maximum atomic E-state index is 13.2. The lowest BCUT2D eigenvalue weighted by Gasteiger charge is -2.71. The van der Waals surface area contributed by atoms with Gasteiger partial charge in [0.1, 0.15) is 97.7 Å². The van der Waals surface area contributed by atoms with E-state index in [1.54, 1.807) is 0 Å². The molecule has 77 heavy (non-hydrogen) atoms. The molecule has 0 spiro atoms. The van der Waals surface area contributed by atoms with E-state index in [1.165, 1.54) is 5.57 Å². The molecule has 9 rings (SSSR count). The number of allylic oxidation sites excluding steroid dienone is 2. The second-order valence-corrected chi connectivity index (χ2v) is 26.3. The highest BCUT2D eigenvalue weighted by Crippen LogP contribution is 2.76. The van der Waals surface area contributed by atoms with Crippen LogP contribution in [0.15, 0.2) is 11.6 Å². The van der Waals surface area contributed by atoms with Crippen molar-refractivity contribution in [2.24, 2.45) is 50.2 Å². The van der Waals surface area contributed by atoms with Crippen molar-refractivity contribution in [1.82, 2.24) is 0 Å². The Kier molecular flexibility index (Phi) is 17.0. The lowest BCUT2D eigenvalue weighted by molar-refractivity contribution is -0.401. The Hall–Kier alpha value is -1.63. The van der Waals surface area contributed by atoms with Crippen LogP contribution in [0.1, 0.15) is 113 Å². The highest BCUT2D eigenvalue weighted by Gasteiger charge is 2.70. The molecule has 14 N–H and O–H groups in total. The zero-order valence-corrected chi connectivity index (χ0v) is 45.3. The lowest BCUT2D eigenvalue weighted by Crippen LogP contribution is -2.68. The third-order valence-electron chi connectivity index (χ3n) is 21.5. The molecule has 5 aliphatic carbocycles. The van der Waals surface area contributed by atoms with E-state index in [0.717, 1.165) is 44.9 Å². The number of carbonyl (C=O) groups is 1. The normalized spacial score (nSPS) is 53.5. The Morgan fingerprint density at radius 2 is 1.00 bits per heavy atom. The Balaban J connectivity index is 0.949. The number of aliphatic carboxylic acids is 1. The molecule has 0 aromatic heterocycles. The van der Waals surface area contributed by atoms with Crippen molar-refractivity contribution in [3.8, 4) is 0 Å². The second kappa shape index (κ2) is 21.8. The van der Waals surface area contributed by atoms with Crippen LogP contribution in [0, 0.1) is 50.2 Å². The van der Waals surface area contributed by atoms with Crippen molar-refractivity contribution < 1.29 is 114 Å². The molecule has 0 aromatic carbocycles. The van der Waals surface area contributed by atoms with Crippen LogP contribution in [0.5, 0.6) is 0 Å². The molecule has 28 atom stereocenters. The smallest absolute Gasteiger partial charge is 0.310 e. The summed E-state index contributed by atoms with van der Waals surface area (Å²) in [6, 6.07) is 0. The molecule has 0 radical (unpaired) electrons. The largest absolute Gasteiger partial charge is 0.481 e. The SMILES string of the molecule is CC1(C)CC[C@]2(C(=O)O)CC[C@]3(C)C(=CC[C@@H]4[C@@]5(C)CC[C@H](O[C@@H]6O[C@H](CO)[C@@H](O)[C@H](O)[C@H]6O[C@@H]6O[C@H](CO)[C@@H](O)[C@H](O[C@@H]7O[C@H](CO)[C@@H](O)[C@H](O)[C@H]7O[C@@H]7O[C@H](CO)[C@@H](O)[C@H](O)[C@H]7O)[C@H]6O)C(C)(C)[C@@H]5CC[C@]43C)[C@@H]2C1. The van der Waals surface area contributed by atoms with Gasteiger partial charge in [0.15, 0.2) is 25.2 Å². The minimum Gasteiger partial charge on any atom is -0.481 e. The average molecular weight is 1110 g/mol. The van der Waals surface area contributed by atoms with Crippen molar-refractivity contribution in [3.05, 3.63) is 11.6 Å². The summed E-state index contributed by atoms with van der Waals surface area (Å²) < 4.78 is 48.3. The zero-order chi connectivity index (χ0) is 56.3. The lowest BCUT2D eigenvalue weighted by atomic mass is 9.33. The van der Waals surface area contributed by atoms with E-state index in [1.807, 2.05) is 0 Å². The third-order valence-corrected chi connectivity index (χ3v) is 21.5. The first-order chi connectivity index (χ1) is 36.1. The first-order valence-electron chi connectivity index (χ1n) is 27.8. The van der Waals surface area contributed by atoms with Crippen molar-refractivity contribution in [3.63, 3.8) is 0 Å². The molecule has 4 heterocycles. The molecular weight excluding hydrogens is 1020 g/mol. The topological polar surface area (TPSA) is 374 Å². The Morgan fingerprint density at radius 1 is 0.519 bits per heavy atom. The molecule has 0 amide bonds. The molecular formula is C54H88O23. The molecule has 0 bridgehead atoms. The number of hydrogen-bond donors (Lipinski definition) is 14. The molecule has 4 saturated heterocycles. The van der Waals surface area contributed by atoms with Crippen molar-refractivity contribution in [2.45, 2.75) is 242 Å². The minimum absolute atomic E-state index is 0.0265. The predicted octanol–water partition coefficient (Wildman–Crippen LogP) is -1.47. The number of aliphatic hydroxyl groups excluding tert-OH is 13. The van der Waals surface area contributed by atoms with Gasteiger partial charge >= 0.3 is 5.97 Å². The van der Waals surface area contributed by atoms with Crippen LogP contribution in [-0.2, 0) is 42.7 Å². The van der Waals surface area contributed by atoms with Gasteiger partial charge in [-0.05, 0) is 109 Å². The summed E-state index contributed by atoms with van der Waals surface area (Å²) in [5.41, 5.74) is -0.435. The highest BCUT2D eigenvalue weighted by atomic mass is 16.8. The van der Waals surface area contributed by atoms with E-state index >= 15 is 0 Å². The van der Waals surface area contributed by atoms with Gasteiger partial charge in [-0.25, -0.2) is 0 Å². The number of fused-ring (bicyclic) bond motifs is 7. The fourth-order valence-electron chi connectivity index (χ4n) is 16.6. The molecule has 4 aliphatic heterocycles. The van der Waals surface area contributed by atoms with Gasteiger partial charge in [-0.15, -0.1) is 0 Å². The summed E-state index contributed by atoms with van der Waals surface area (Å²) in [7, 11) is 0. The van der Waals surface area contributed by atoms with Crippen LogP contribution in [0.2, 0.25) is 0 Å². The van der Waals surface area contributed by atoms with Gasteiger partial charge in [-0.1, -0.05) is 60.1 Å². The Bertz CT molecular complexity index is 2110. The highest BCUT2D eigenvalue weighted by molar-refractivity contribution is 5.76. The van der Waals surface area contributed by atoms with E-state index in [9.17, 15) is 76.3 Å². The van der Waals surface area contributed by atoms with E-state index in [2.05, 4.69) is 54.5 Å². The van der Waals surface area contributed by atoms with Gasteiger partial charge in [-0.3, -0.25) is 4.79 Å². The summed E-state index contributed by atoms with van der Waals surface area (Å²) in [6.45, 7) is 12.7. The van der Waals surface area contributed by atoms with E-state index < -0.39 is 172 Å². The van der Waals surface area contributed by atoms with Crippen molar-refractivity contribution >= 4 is 5.97 Å². The summed E-state index contributed by atoms with van der Waals surface area (Å²) in [6.07, 6.45) is -26.3. The van der Waals surface area contributed by atoms with Crippen LogP contribution in [0.25, 0.3) is 0 Å². The number of hydrogen-bond acceptors (Lipinski definition) is 22. The first-order valence-corrected chi connectivity index (χ1v) is 27.8. The Labute approximate surface area is 449 Å². The summed E-state index contributed by atoms with van der Waals surface area (Å²) in [4.78, 5) is 13.2. The maximum Gasteiger partial charge on any atom is 0.310 e. The van der Waals surface area contributed by atoms with E-state index in [-0.39, 0.29) is 39.4 Å². The first kappa shape index (κ1) is 60.0. The van der Waals surface area contributed by atoms with Gasteiger partial charge in [0.2, 0.25) is 0 Å². The van der Waals surface area contributed by atoms with Crippen LogP contribution in [0.4, 0.5) is 0 Å². The fourth-order valence-corrected chi connectivity index (χ4v) is 16.6. The summed E-state index contributed by atoms with van der Waals surface area (Å²) in [5.74, 6) is -0.326. The Morgan fingerprint density at radius 3 is 1.55 bits per heavy atom. The van der Waals surface area contributed by atoms with E-state index in [4.69, 9.17) is 37.9 Å². The number of ether oxygens (including phenoxy) is 8. The molecule has 442 valence electrons. The average Bonchev–Trinajstić information content (AvgIpc) is 3.56. The van der Waals surface area contributed by atoms with Gasteiger partial charge in [0.05, 0.1) is 37.9 Å². The van der Waals surface area contributed by atoms with E-state index in [0.29, 0.717) is 19.3 Å². The van der Waals surface area contributed by atoms with Crippen LogP contribution in [-0.4, -0.2) is 233 Å². The number of carboxylic acids is 1. The quantitative estimate of drug-likeness (QED) is 0.0739. The van der Waals surface area contributed by atoms with Gasteiger partial charge in [0, 0.05) is 0 Å². The van der Waals surface area contributed by atoms with Gasteiger partial charge in [0.25, 0.3) is 0 Å². The number of carboxylic acid groups (broad SMARTS) is 1. The second-order valence-electron chi connectivity index (χ2n) is 26.3. The maximum absolute atomic E-state index is 13.2. The van der Waals surface area contributed by atoms with Gasteiger partial charge in [-0.2, -0.15) is 0 Å². The molecule has 23 nitrogen and oxygen atoms in total. The standard InChI is InChI=1S/C54H88O23/c1-49(2)14-16-54(48(68)69)17-15-52(6)23(24(54)18-49)8-9-30-51(5)12-11-31(50(3,4)29(51)10-13-53(30,52)7)74-46-42(37(64)33(60)26(20-56)72-46)77-45-40(67)41(35(62)28(22-58)71-45)75-47-43(38(65)34(61)27(21-57)73-47)76-44-39(66)36(63)32(59)25(19-55)70-44/h8,24-47,55-67H,9-22H2,1-7H3,(H,68,69)/t24-,25+,26+,27+,28+,29-,30+,31-,32+,33+,34+,35+,36-,37-,38-,39+,40+,41-,42+,43+,44-,45-,46-,47-,51-,52+,53+,54-/m0/s1. The summed E-state index contributed by atoms with van der Waals surface area (Å²) in [5, 5.41) is 152. The van der Waals surface area contributed by atoms with Crippen LogP contribution >= 0.6 is 0 Å². The summed E-state index contributed by atoms with van der Waals surface area (Å²) >= 11 is 0. The van der Waals surface area contributed by atoms with Crippen LogP contribution < -0.4 is 0 Å². The molecule has 9 aliphatic rings. The van der Waals surface area contributed by atoms with Gasteiger partial charge < -0.3 is 109 Å². The number of rotatable bonds is 13. The monoisotopic (exact) mass is 1100 g/mol. The molecule has 8 fully saturated rings. The minimum atomic E-state index is -2.08. The van der Waals surface area contributed by atoms with Crippen molar-refractivity contribution in [2.75, 3.05) is 26.4 Å². The van der Waals surface area contributed by atoms with Crippen molar-refractivity contribution in [1.29, 1.82) is 0 Å². The predicted molar refractivity (Wildman–Crippen MR) is 263 cm³/mol. The molecule has 4 saturated carbocycles. The van der Waals surface area contributed by atoms with Crippen LogP contribution in [0.3, 0.4) is 0 Å². The third kappa shape index (κ3) is 9.80. The zero-order valence-electron chi connectivity index (χ0n) is 45.3. The number of aliphatic hydroxyl groups is 13. The molecule has 0 aromatic rings. The fraction of sp³-hybridized carbons (Fsp3) is 0.944.